The van der Waals surface area contributed by atoms with Gasteiger partial charge in [0, 0.05) is 24.6 Å². The summed E-state index contributed by atoms with van der Waals surface area (Å²) in [6, 6.07) is 15.7. The summed E-state index contributed by atoms with van der Waals surface area (Å²) in [7, 11) is 1.66. The second-order valence-electron chi connectivity index (χ2n) is 7.86. The summed E-state index contributed by atoms with van der Waals surface area (Å²) < 4.78 is 5.29. The number of piperidine rings is 1. The van der Waals surface area contributed by atoms with E-state index in [0.717, 1.165) is 42.6 Å². The SMILES string of the molecule is COc1cccc(-c2ccc(C(=O)N3CC[C@@]4(O)CCCC[C@H]4C3)cc2)c1. The van der Waals surface area contributed by atoms with Crippen molar-refractivity contribution in [2.75, 3.05) is 20.2 Å². The van der Waals surface area contributed by atoms with Crippen molar-refractivity contribution in [2.45, 2.75) is 37.7 Å². The van der Waals surface area contributed by atoms with E-state index in [-0.39, 0.29) is 11.8 Å². The molecule has 1 N–H and O–H groups in total. The number of hydrogen-bond acceptors (Lipinski definition) is 3. The molecule has 142 valence electrons. The second kappa shape index (κ2) is 7.35. The largest absolute Gasteiger partial charge is 0.497 e. The molecule has 2 aromatic rings. The molecule has 1 heterocycles. The Morgan fingerprint density at radius 2 is 1.93 bits per heavy atom. The smallest absolute Gasteiger partial charge is 0.253 e. The summed E-state index contributed by atoms with van der Waals surface area (Å²) >= 11 is 0. The number of methoxy groups -OCH3 is 1. The van der Waals surface area contributed by atoms with Crippen molar-refractivity contribution in [1.29, 1.82) is 0 Å². The fraction of sp³-hybridized carbons (Fsp3) is 0.435. The lowest BCUT2D eigenvalue weighted by atomic mass is 9.71. The zero-order valence-electron chi connectivity index (χ0n) is 15.9. The molecule has 0 unspecified atom stereocenters. The third kappa shape index (κ3) is 3.59. The van der Waals surface area contributed by atoms with Gasteiger partial charge in [-0.05, 0) is 54.7 Å². The Kier molecular flexibility index (Phi) is 4.92. The van der Waals surface area contributed by atoms with Crippen molar-refractivity contribution in [3.8, 4) is 16.9 Å². The van der Waals surface area contributed by atoms with E-state index in [1.807, 2.05) is 53.4 Å². The van der Waals surface area contributed by atoms with E-state index in [1.165, 1.54) is 0 Å². The summed E-state index contributed by atoms with van der Waals surface area (Å²) in [5.41, 5.74) is 2.29. The predicted octanol–water partition coefficient (Wildman–Crippen LogP) is 4.13. The molecule has 4 rings (SSSR count). The van der Waals surface area contributed by atoms with E-state index in [4.69, 9.17) is 4.74 Å². The van der Waals surface area contributed by atoms with Crippen LogP contribution in [0.3, 0.4) is 0 Å². The Bertz CT molecular complexity index is 817. The van der Waals surface area contributed by atoms with Gasteiger partial charge in [0.05, 0.1) is 12.7 Å². The summed E-state index contributed by atoms with van der Waals surface area (Å²) in [5.74, 6) is 1.11. The Morgan fingerprint density at radius 1 is 1.11 bits per heavy atom. The van der Waals surface area contributed by atoms with Crippen molar-refractivity contribution in [1.82, 2.24) is 4.90 Å². The third-order valence-electron chi connectivity index (χ3n) is 6.25. The number of hydrogen-bond donors (Lipinski definition) is 1. The van der Waals surface area contributed by atoms with Gasteiger partial charge in [0.2, 0.25) is 0 Å². The van der Waals surface area contributed by atoms with Gasteiger partial charge in [0.25, 0.3) is 5.91 Å². The maximum Gasteiger partial charge on any atom is 0.253 e. The molecule has 27 heavy (non-hydrogen) atoms. The average Bonchev–Trinajstić information content (AvgIpc) is 2.72. The molecule has 1 saturated carbocycles. The van der Waals surface area contributed by atoms with E-state index in [0.29, 0.717) is 25.1 Å². The van der Waals surface area contributed by atoms with Crippen LogP contribution in [0.25, 0.3) is 11.1 Å². The lowest BCUT2D eigenvalue weighted by molar-refractivity contribution is -0.0886. The predicted molar refractivity (Wildman–Crippen MR) is 106 cm³/mol. The molecule has 0 aromatic heterocycles. The molecular formula is C23H27NO3. The fourth-order valence-electron chi connectivity index (χ4n) is 4.55. The van der Waals surface area contributed by atoms with Crippen LogP contribution in [0.5, 0.6) is 5.75 Å². The minimum Gasteiger partial charge on any atom is -0.497 e. The van der Waals surface area contributed by atoms with Crippen LogP contribution in [0, 0.1) is 5.92 Å². The monoisotopic (exact) mass is 365 g/mol. The molecule has 4 heteroatoms. The molecule has 2 atom stereocenters. The Morgan fingerprint density at radius 3 is 2.70 bits per heavy atom. The van der Waals surface area contributed by atoms with E-state index in [9.17, 15) is 9.90 Å². The molecule has 1 amide bonds. The Balaban J connectivity index is 1.48. The quantitative estimate of drug-likeness (QED) is 0.890. The van der Waals surface area contributed by atoms with Crippen LogP contribution in [0.4, 0.5) is 0 Å². The van der Waals surface area contributed by atoms with Gasteiger partial charge < -0.3 is 14.7 Å². The topological polar surface area (TPSA) is 49.8 Å². The molecule has 2 aromatic carbocycles. The maximum atomic E-state index is 13.0. The molecule has 2 aliphatic rings. The van der Waals surface area contributed by atoms with Gasteiger partial charge in [-0.15, -0.1) is 0 Å². The number of nitrogens with zero attached hydrogens (tertiary/aromatic N) is 1. The third-order valence-corrected chi connectivity index (χ3v) is 6.25. The van der Waals surface area contributed by atoms with Gasteiger partial charge >= 0.3 is 0 Å². The number of rotatable bonds is 3. The van der Waals surface area contributed by atoms with Gasteiger partial charge in [-0.1, -0.05) is 37.1 Å². The number of aliphatic hydroxyl groups is 1. The zero-order valence-corrected chi connectivity index (χ0v) is 15.9. The fourth-order valence-corrected chi connectivity index (χ4v) is 4.55. The number of ether oxygens (including phenoxy) is 1. The van der Waals surface area contributed by atoms with E-state index in [1.54, 1.807) is 7.11 Å². The van der Waals surface area contributed by atoms with Crippen molar-refractivity contribution in [3.63, 3.8) is 0 Å². The number of fused-ring (bicyclic) bond motifs is 1. The van der Waals surface area contributed by atoms with Gasteiger partial charge in [0.15, 0.2) is 0 Å². The summed E-state index contributed by atoms with van der Waals surface area (Å²) in [5, 5.41) is 10.8. The van der Waals surface area contributed by atoms with Crippen molar-refractivity contribution < 1.29 is 14.6 Å². The van der Waals surface area contributed by atoms with Crippen molar-refractivity contribution in [3.05, 3.63) is 54.1 Å². The van der Waals surface area contributed by atoms with Crippen LogP contribution < -0.4 is 4.74 Å². The van der Waals surface area contributed by atoms with Crippen LogP contribution in [0.1, 0.15) is 42.5 Å². The number of likely N-dealkylation sites (tertiary alicyclic amines) is 1. The molecular weight excluding hydrogens is 338 g/mol. The number of benzene rings is 2. The first-order valence-electron chi connectivity index (χ1n) is 9.85. The molecule has 4 nitrogen and oxygen atoms in total. The first-order valence-corrected chi connectivity index (χ1v) is 9.85. The number of carbonyl (C=O) groups is 1. The van der Waals surface area contributed by atoms with Gasteiger partial charge in [-0.2, -0.15) is 0 Å². The minimum atomic E-state index is -0.550. The van der Waals surface area contributed by atoms with Crippen LogP contribution in [0.15, 0.2) is 48.5 Å². The first-order chi connectivity index (χ1) is 13.1. The van der Waals surface area contributed by atoms with Gasteiger partial charge in [0.1, 0.15) is 5.75 Å². The summed E-state index contributed by atoms with van der Waals surface area (Å²) in [4.78, 5) is 14.9. The highest BCUT2D eigenvalue weighted by molar-refractivity contribution is 5.94. The Labute approximate surface area is 160 Å². The van der Waals surface area contributed by atoms with Gasteiger partial charge in [-0.3, -0.25) is 4.79 Å². The lowest BCUT2D eigenvalue weighted by Gasteiger charge is -2.47. The highest BCUT2D eigenvalue weighted by atomic mass is 16.5. The van der Waals surface area contributed by atoms with Crippen LogP contribution in [-0.2, 0) is 0 Å². The molecule has 2 fully saturated rings. The van der Waals surface area contributed by atoms with Crippen LogP contribution in [-0.4, -0.2) is 41.7 Å². The maximum absolute atomic E-state index is 13.0. The lowest BCUT2D eigenvalue weighted by Crippen LogP contribution is -2.54. The molecule has 1 aliphatic carbocycles. The molecule has 0 spiro atoms. The molecule has 1 saturated heterocycles. The van der Waals surface area contributed by atoms with Crippen LogP contribution >= 0.6 is 0 Å². The zero-order chi connectivity index (χ0) is 18.9. The Hall–Kier alpha value is -2.33. The molecule has 0 radical (unpaired) electrons. The molecule has 0 bridgehead atoms. The number of carbonyl (C=O) groups excluding carboxylic acids is 1. The first kappa shape index (κ1) is 18.1. The van der Waals surface area contributed by atoms with Crippen LogP contribution in [0.2, 0.25) is 0 Å². The highest BCUT2D eigenvalue weighted by Gasteiger charge is 2.43. The normalized spacial score (nSPS) is 25.0. The standard InChI is InChI=1S/C23H27NO3/c1-27-21-7-4-5-19(15-21)17-8-10-18(11-9-17)22(25)24-14-13-23(26)12-3-2-6-20(23)16-24/h4-5,7-11,15,20,26H,2-3,6,12-14,16H2,1H3/t20-,23-/m0/s1. The minimum absolute atomic E-state index is 0.0693. The van der Waals surface area contributed by atoms with E-state index < -0.39 is 5.60 Å². The van der Waals surface area contributed by atoms with Gasteiger partial charge in [-0.25, -0.2) is 0 Å². The van der Waals surface area contributed by atoms with E-state index in [2.05, 4.69) is 0 Å². The average molecular weight is 365 g/mol. The molecule has 1 aliphatic heterocycles. The van der Waals surface area contributed by atoms with Crippen molar-refractivity contribution in [2.24, 2.45) is 5.92 Å². The summed E-state index contributed by atoms with van der Waals surface area (Å²) in [6.07, 6.45) is 4.87. The van der Waals surface area contributed by atoms with E-state index >= 15 is 0 Å². The second-order valence-corrected chi connectivity index (χ2v) is 7.86. The highest BCUT2D eigenvalue weighted by Crippen LogP contribution is 2.40. The summed E-state index contributed by atoms with van der Waals surface area (Å²) in [6.45, 7) is 1.32. The van der Waals surface area contributed by atoms with Crippen molar-refractivity contribution >= 4 is 5.91 Å². The number of amides is 1.